The number of amides is 1. The number of carbonyl (C=O) groups excluding carboxylic acids is 2. The molecule has 0 N–H and O–H groups in total. The molecule has 3 atom stereocenters. The van der Waals surface area contributed by atoms with Crippen LogP contribution >= 0.6 is 0 Å². The molecule has 0 radical (unpaired) electrons. The first-order valence-corrected chi connectivity index (χ1v) is 10.1. The highest BCUT2D eigenvalue weighted by Gasteiger charge is 2.28. The molecule has 1 amide bonds. The smallest absolute Gasteiger partial charge is 0.302 e. The molecule has 0 saturated carbocycles. The predicted molar refractivity (Wildman–Crippen MR) is 103 cm³/mol. The number of likely N-dealkylation sites (tertiary alicyclic amines) is 1. The predicted octanol–water partition coefficient (Wildman–Crippen LogP) is 3.32. The lowest BCUT2D eigenvalue weighted by Crippen LogP contribution is -2.41. The maximum absolute atomic E-state index is 12.6. The second kappa shape index (κ2) is 10.3. The van der Waals surface area contributed by atoms with Gasteiger partial charge in [0.1, 0.15) is 0 Å². The van der Waals surface area contributed by atoms with Crippen LogP contribution in [0.1, 0.15) is 77.2 Å². The van der Waals surface area contributed by atoms with Crippen LogP contribution in [0.4, 0.5) is 0 Å². The fourth-order valence-corrected chi connectivity index (χ4v) is 4.03. The molecule has 3 unspecified atom stereocenters. The first kappa shape index (κ1) is 21.2. The van der Waals surface area contributed by atoms with Gasteiger partial charge < -0.3 is 14.8 Å². The number of ether oxygens (including phenoxy) is 1. The molecule has 1 aromatic heterocycles. The number of hydrogen-bond acceptors (Lipinski definition) is 4. The summed E-state index contributed by atoms with van der Waals surface area (Å²) >= 11 is 0. The number of rotatable bonds is 8. The van der Waals surface area contributed by atoms with Gasteiger partial charge in [0.2, 0.25) is 5.91 Å². The molecule has 6 heteroatoms. The molecule has 6 nitrogen and oxygen atoms in total. The molecule has 0 aromatic carbocycles. The number of esters is 1. The molecule has 0 aliphatic carbocycles. The van der Waals surface area contributed by atoms with Crippen LogP contribution in [0, 0.1) is 5.21 Å². The zero-order valence-electron chi connectivity index (χ0n) is 16.7. The van der Waals surface area contributed by atoms with Crippen molar-refractivity contribution in [2.45, 2.75) is 83.8 Å². The highest BCUT2D eigenvalue weighted by molar-refractivity contribution is 5.76. The van der Waals surface area contributed by atoms with Crippen molar-refractivity contribution in [2.75, 3.05) is 6.54 Å². The van der Waals surface area contributed by atoms with Crippen molar-refractivity contribution in [1.82, 2.24) is 4.90 Å². The van der Waals surface area contributed by atoms with E-state index >= 15 is 0 Å². The molecular weight excluding hydrogens is 344 g/mol. The Hall–Kier alpha value is -2.11. The van der Waals surface area contributed by atoms with Gasteiger partial charge in [0, 0.05) is 38.1 Å². The number of carbonyl (C=O) groups is 2. The Kier molecular flexibility index (Phi) is 8.07. The van der Waals surface area contributed by atoms with E-state index in [0.29, 0.717) is 12.8 Å². The summed E-state index contributed by atoms with van der Waals surface area (Å²) in [4.78, 5) is 25.9. The van der Waals surface area contributed by atoms with Crippen LogP contribution in [0.3, 0.4) is 0 Å². The Balaban J connectivity index is 2.18. The van der Waals surface area contributed by atoms with Crippen LogP contribution in [-0.4, -0.2) is 35.5 Å². The van der Waals surface area contributed by atoms with E-state index in [9.17, 15) is 14.8 Å². The molecule has 0 spiro atoms. The first-order chi connectivity index (χ1) is 12.9. The number of nitrogens with zero attached hydrogens (tertiary/aromatic N) is 2. The lowest BCUT2D eigenvalue weighted by atomic mass is 9.86. The van der Waals surface area contributed by atoms with Crippen molar-refractivity contribution in [3.8, 4) is 0 Å². The van der Waals surface area contributed by atoms with Gasteiger partial charge in [-0.2, -0.15) is 4.73 Å². The second-order valence-corrected chi connectivity index (χ2v) is 7.54. The van der Waals surface area contributed by atoms with E-state index in [-0.39, 0.29) is 29.9 Å². The average molecular weight is 376 g/mol. The Morgan fingerprint density at radius 2 is 1.96 bits per heavy atom. The standard InChI is InChI=1S/C21H32N2O4/c1-4-20(23-11-7-5-6-8-21(23)25)15-19(14-16(2)27-17(3)24)18-9-12-22(26)13-10-18/h9-10,12-13,16,19-20H,4-8,11,14-15H2,1-3H3. The van der Waals surface area contributed by atoms with Crippen molar-refractivity contribution >= 4 is 11.9 Å². The van der Waals surface area contributed by atoms with Gasteiger partial charge in [-0.1, -0.05) is 13.3 Å². The van der Waals surface area contributed by atoms with Gasteiger partial charge in [0.05, 0.1) is 6.10 Å². The molecule has 1 aliphatic rings. The topological polar surface area (TPSA) is 73.5 Å². The minimum atomic E-state index is -0.290. The summed E-state index contributed by atoms with van der Waals surface area (Å²) in [7, 11) is 0. The molecule has 2 rings (SSSR count). The van der Waals surface area contributed by atoms with E-state index in [4.69, 9.17) is 4.74 Å². The van der Waals surface area contributed by atoms with Crippen LogP contribution in [0.5, 0.6) is 0 Å². The van der Waals surface area contributed by atoms with Crippen LogP contribution in [-0.2, 0) is 14.3 Å². The van der Waals surface area contributed by atoms with Crippen molar-refractivity contribution in [3.05, 3.63) is 35.3 Å². The van der Waals surface area contributed by atoms with Crippen molar-refractivity contribution in [3.63, 3.8) is 0 Å². The summed E-state index contributed by atoms with van der Waals surface area (Å²) in [5.74, 6) is 0.0691. The van der Waals surface area contributed by atoms with Crippen molar-refractivity contribution < 1.29 is 19.1 Å². The van der Waals surface area contributed by atoms with Crippen molar-refractivity contribution in [1.29, 1.82) is 0 Å². The Bertz CT molecular complexity index is 617. The van der Waals surface area contributed by atoms with Gasteiger partial charge in [0.25, 0.3) is 0 Å². The third-order valence-electron chi connectivity index (χ3n) is 5.36. The zero-order valence-corrected chi connectivity index (χ0v) is 16.7. The SMILES string of the molecule is CCC(CC(CC(C)OC(C)=O)c1cc[n+]([O-])cc1)N1CCCCCC1=O. The van der Waals surface area contributed by atoms with Crippen molar-refractivity contribution in [2.24, 2.45) is 0 Å². The molecule has 1 saturated heterocycles. The minimum absolute atomic E-state index is 0.113. The summed E-state index contributed by atoms with van der Waals surface area (Å²) in [6.45, 7) is 6.24. The van der Waals surface area contributed by atoms with Gasteiger partial charge in [0.15, 0.2) is 12.4 Å². The van der Waals surface area contributed by atoms with E-state index in [1.165, 1.54) is 19.3 Å². The minimum Gasteiger partial charge on any atom is -0.619 e. The third kappa shape index (κ3) is 6.52. The largest absolute Gasteiger partial charge is 0.619 e. The van der Waals surface area contributed by atoms with Crippen LogP contribution in [0.25, 0.3) is 0 Å². The Labute approximate surface area is 162 Å². The monoisotopic (exact) mass is 376 g/mol. The van der Waals surface area contributed by atoms with Gasteiger partial charge in [-0.3, -0.25) is 9.59 Å². The molecule has 0 bridgehead atoms. The van der Waals surface area contributed by atoms with Crippen LogP contribution < -0.4 is 4.73 Å². The molecule has 2 heterocycles. The fraction of sp³-hybridized carbons (Fsp3) is 0.667. The van der Waals surface area contributed by atoms with Gasteiger partial charge in [-0.25, -0.2) is 0 Å². The summed E-state index contributed by atoms with van der Waals surface area (Å²) < 4.78 is 6.11. The Morgan fingerprint density at radius 1 is 1.26 bits per heavy atom. The number of pyridine rings is 1. The lowest BCUT2D eigenvalue weighted by molar-refractivity contribution is -0.605. The highest BCUT2D eigenvalue weighted by atomic mass is 16.5. The number of hydrogen-bond donors (Lipinski definition) is 0. The molecule has 1 aromatic rings. The summed E-state index contributed by atoms with van der Waals surface area (Å²) in [5.41, 5.74) is 1.04. The van der Waals surface area contributed by atoms with Gasteiger partial charge in [-0.05, 0) is 50.5 Å². The fourth-order valence-electron chi connectivity index (χ4n) is 4.03. The lowest BCUT2D eigenvalue weighted by Gasteiger charge is -2.33. The van der Waals surface area contributed by atoms with E-state index in [0.717, 1.165) is 48.9 Å². The first-order valence-electron chi connectivity index (χ1n) is 10.1. The average Bonchev–Trinajstić information content (AvgIpc) is 2.83. The normalized spacial score (nSPS) is 18.5. The summed E-state index contributed by atoms with van der Waals surface area (Å²) in [5, 5.41) is 11.4. The van der Waals surface area contributed by atoms with E-state index in [1.54, 1.807) is 0 Å². The maximum Gasteiger partial charge on any atom is 0.302 e. The highest BCUT2D eigenvalue weighted by Crippen LogP contribution is 2.30. The molecule has 1 fully saturated rings. The van der Waals surface area contributed by atoms with E-state index < -0.39 is 0 Å². The van der Waals surface area contributed by atoms with E-state index in [1.807, 2.05) is 24.0 Å². The summed E-state index contributed by atoms with van der Waals surface area (Å²) in [6.07, 6.45) is 8.90. The third-order valence-corrected chi connectivity index (χ3v) is 5.36. The summed E-state index contributed by atoms with van der Waals surface area (Å²) in [6, 6.07) is 3.81. The molecule has 1 aliphatic heterocycles. The molecular formula is C21H32N2O4. The van der Waals surface area contributed by atoms with Gasteiger partial charge >= 0.3 is 5.97 Å². The quantitative estimate of drug-likeness (QED) is 0.396. The van der Waals surface area contributed by atoms with E-state index in [2.05, 4.69) is 6.92 Å². The number of aromatic nitrogens is 1. The van der Waals surface area contributed by atoms with Gasteiger partial charge in [-0.15, -0.1) is 0 Å². The van der Waals surface area contributed by atoms with Crippen LogP contribution in [0.2, 0.25) is 0 Å². The molecule has 150 valence electrons. The zero-order chi connectivity index (χ0) is 19.8. The van der Waals surface area contributed by atoms with Crippen LogP contribution in [0.15, 0.2) is 24.5 Å². The Morgan fingerprint density at radius 3 is 2.59 bits per heavy atom. The second-order valence-electron chi connectivity index (χ2n) is 7.54. The molecule has 27 heavy (non-hydrogen) atoms. The maximum atomic E-state index is 12.6.